The van der Waals surface area contributed by atoms with E-state index in [-0.39, 0.29) is 24.2 Å². The van der Waals surface area contributed by atoms with E-state index in [4.69, 9.17) is 14.2 Å². The number of aliphatic hydroxyl groups excluding tert-OH is 3. The van der Waals surface area contributed by atoms with Gasteiger partial charge in [0.05, 0.1) is 32.3 Å². The number of anilines is 1. The number of fused-ring (bicyclic) bond motifs is 1. The lowest BCUT2D eigenvalue weighted by Crippen LogP contribution is -2.52. The molecule has 0 bridgehead atoms. The van der Waals surface area contributed by atoms with Crippen LogP contribution in [0.15, 0.2) is 103 Å². The number of thioether (sulfide) groups is 1. The van der Waals surface area contributed by atoms with Crippen LogP contribution >= 0.6 is 11.8 Å². The minimum absolute atomic E-state index is 0.0653. The average Bonchev–Trinajstić information content (AvgIpc) is 3.80. The number of alkyl carbamates (subject to hydrolysis) is 1. The second-order valence-electron chi connectivity index (χ2n) is 14.1. The van der Waals surface area contributed by atoms with Gasteiger partial charge < -0.3 is 45.5 Å². The molecule has 0 aliphatic carbocycles. The molecule has 2 aliphatic heterocycles. The Hall–Kier alpha value is -4.94. The molecule has 0 saturated carbocycles. The Morgan fingerprint density at radius 2 is 1.65 bits per heavy atom. The zero-order valence-corrected chi connectivity index (χ0v) is 32.4. The number of hydrogen-bond acceptors (Lipinski definition) is 13. The molecule has 7 rings (SSSR count). The zero-order valence-electron chi connectivity index (χ0n) is 31.5. The second-order valence-corrected chi connectivity index (χ2v) is 15.1. The van der Waals surface area contributed by atoms with Crippen molar-refractivity contribution in [3.8, 4) is 0 Å². The van der Waals surface area contributed by atoms with Gasteiger partial charge in [-0.1, -0.05) is 78.9 Å². The highest BCUT2D eigenvalue weighted by Gasteiger charge is 2.44. The van der Waals surface area contributed by atoms with Crippen LogP contribution in [-0.2, 0) is 25.4 Å². The van der Waals surface area contributed by atoms with E-state index in [1.165, 1.54) is 31.5 Å². The first-order chi connectivity index (χ1) is 27.7. The minimum atomic E-state index is -1.26. The first kappa shape index (κ1) is 40.3. The van der Waals surface area contributed by atoms with Gasteiger partial charge in [-0.3, -0.25) is 9.36 Å². The number of morpholine rings is 1. The molecule has 3 aromatic carbocycles. The normalized spacial score (nSPS) is 24.0. The summed E-state index contributed by atoms with van der Waals surface area (Å²) in [6, 6.07) is 25.9. The molecule has 2 saturated heterocycles. The van der Waals surface area contributed by atoms with Crippen molar-refractivity contribution in [1.29, 1.82) is 0 Å². The number of aryl methyl sites for hydroxylation is 1. The predicted molar refractivity (Wildman–Crippen MR) is 213 cm³/mol. The number of nitrogens with one attached hydrogen (secondary N) is 3. The number of hydrogen-bond donors (Lipinski definition) is 6. The van der Waals surface area contributed by atoms with Gasteiger partial charge in [-0.05, 0) is 42.5 Å². The summed E-state index contributed by atoms with van der Waals surface area (Å²) in [6.45, 7) is 2.30. The third-order valence-electron chi connectivity index (χ3n) is 10.5. The average molecular weight is 798 g/mol. The molecule has 2 aliphatic rings. The maximum Gasteiger partial charge on any atom is 0.407 e. The van der Waals surface area contributed by atoms with Crippen molar-refractivity contribution >= 4 is 40.6 Å². The van der Waals surface area contributed by atoms with Crippen LogP contribution in [0.25, 0.3) is 11.2 Å². The Kier molecular flexibility index (Phi) is 13.1. The fraction of sp³-hybridized carbons (Fsp3) is 0.390. The summed E-state index contributed by atoms with van der Waals surface area (Å²) in [6.07, 6.45) is -1.15. The Bertz CT molecular complexity index is 2070. The van der Waals surface area contributed by atoms with E-state index in [1.54, 1.807) is 4.57 Å². The number of rotatable bonds is 14. The number of aromatic nitrogens is 4. The van der Waals surface area contributed by atoms with Gasteiger partial charge in [0.25, 0.3) is 0 Å². The van der Waals surface area contributed by atoms with Crippen LogP contribution in [-0.4, -0.2) is 115 Å². The van der Waals surface area contributed by atoms with Gasteiger partial charge in [-0.2, -0.15) is 0 Å². The molecule has 0 spiro atoms. The smallest absolute Gasteiger partial charge is 0.407 e. The summed E-state index contributed by atoms with van der Waals surface area (Å²) in [4.78, 5) is 40.2. The van der Waals surface area contributed by atoms with Crippen LogP contribution in [0.1, 0.15) is 42.2 Å². The van der Waals surface area contributed by atoms with Crippen molar-refractivity contribution in [1.82, 2.24) is 30.2 Å². The van der Waals surface area contributed by atoms with Gasteiger partial charge >= 0.3 is 6.09 Å². The maximum atomic E-state index is 14.2. The van der Waals surface area contributed by atoms with Crippen LogP contribution in [0.5, 0.6) is 0 Å². The molecule has 16 heteroatoms. The Labute approximate surface area is 334 Å². The van der Waals surface area contributed by atoms with Crippen LogP contribution in [0.3, 0.4) is 0 Å². The third-order valence-corrected chi connectivity index (χ3v) is 11.6. The van der Waals surface area contributed by atoms with E-state index in [1.807, 2.05) is 84.9 Å². The number of imidazole rings is 1. The van der Waals surface area contributed by atoms with Crippen molar-refractivity contribution in [2.24, 2.45) is 0 Å². The van der Waals surface area contributed by atoms with Gasteiger partial charge in [0.15, 0.2) is 11.9 Å². The lowest BCUT2D eigenvalue weighted by molar-refractivity contribution is -0.118. The van der Waals surface area contributed by atoms with Crippen molar-refractivity contribution in [2.45, 2.75) is 79.5 Å². The zero-order chi connectivity index (χ0) is 39.9. The molecule has 2 aromatic heterocycles. The molecule has 6 N–H and O–H groups in total. The number of carbonyl (C=O) groups is 2. The first-order valence-electron chi connectivity index (χ1n) is 18.9. The summed E-state index contributed by atoms with van der Waals surface area (Å²) in [5, 5.41) is 40.5. The van der Waals surface area contributed by atoms with Crippen molar-refractivity contribution < 1.29 is 39.1 Å². The fourth-order valence-corrected chi connectivity index (χ4v) is 8.47. The van der Waals surface area contributed by atoms with Gasteiger partial charge in [0.2, 0.25) is 5.91 Å². The van der Waals surface area contributed by atoms with Crippen LogP contribution in [0.2, 0.25) is 0 Å². The molecule has 4 heterocycles. The summed E-state index contributed by atoms with van der Waals surface area (Å²) in [5.74, 6) is -0.299. The topological polar surface area (TPSA) is 202 Å². The Balaban J connectivity index is 1.01. The highest BCUT2D eigenvalue weighted by molar-refractivity contribution is 7.99. The standard InChI is InChI=1S/C41H47N7O8S/c1-24-31(21-57-39-34-37(43-22-44-39)48(23-45-34)40-36(51)35(50)30(20-49)56-40)55-28(19-42-24)18-17-25-11-9-10-16-29(25)46-38(52)33(47-41(53)54-2)32(26-12-5-3-6-13-26)27-14-7-4-8-15-27/h3-16,22-24,28,30-33,35-36,40,42,49-51H,17-21H2,1-2H3,(H,46,52)(H,47,53)/t24-,28-,30?,31-,33?,35?,36?,40?/m1/s1. The number of para-hydroxylation sites is 1. The number of amides is 2. The van der Waals surface area contributed by atoms with Gasteiger partial charge in [-0.25, -0.2) is 19.7 Å². The van der Waals surface area contributed by atoms with E-state index in [2.05, 4.69) is 37.8 Å². The van der Waals surface area contributed by atoms with E-state index < -0.39 is 49.2 Å². The number of methoxy groups -OCH3 is 1. The van der Waals surface area contributed by atoms with E-state index in [9.17, 15) is 24.9 Å². The summed E-state index contributed by atoms with van der Waals surface area (Å²) < 4.78 is 18.8. The molecular weight excluding hydrogens is 751 g/mol. The van der Waals surface area contributed by atoms with Crippen LogP contribution in [0.4, 0.5) is 10.5 Å². The van der Waals surface area contributed by atoms with E-state index in [0.29, 0.717) is 47.0 Å². The van der Waals surface area contributed by atoms with Crippen molar-refractivity contribution in [3.63, 3.8) is 0 Å². The van der Waals surface area contributed by atoms with Gasteiger partial charge in [0, 0.05) is 29.9 Å². The molecule has 0 radical (unpaired) electrons. The largest absolute Gasteiger partial charge is 0.453 e. The molecule has 2 amide bonds. The second kappa shape index (κ2) is 18.5. The van der Waals surface area contributed by atoms with Gasteiger partial charge in [0.1, 0.15) is 41.2 Å². The van der Waals surface area contributed by atoms with Gasteiger partial charge in [-0.15, -0.1) is 11.8 Å². The quantitative estimate of drug-likeness (QED) is 0.0706. The first-order valence-corrected chi connectivity index (χ1v) is 19.9. The predicted octanol–water partition coefficient (Wildman–Crippen LogP) is 3.40. The van der Waals surface area contributed by atoms with E-state index >= 15 is 0 Å². The Morgan fingerprint density at radius 3 is 2.33 bits per heavy atom. The van der Waals surface area contributed by atoms with Crippen LogP contribution in [0, 0.1) is 0 Å². The maximum absolute atomic E-state index is 14.2. The molecule has 300 valence electrons. The summed E-state index contributed by atoms with van der Waals surface area (Å²) >= 11 is 1.48. The van der Waals surface area contributed by atoms with Crippen LogP contribution < -0.4 is 16.0 Å². The molecule has 5 aromatic rings. The highest BCUT2D eigenvalue weighted by Crippen LogP contribution is 2.34. The molecule has 8 atom stereocenters. The highest BCUT2D eigenvalue weighted by atomic mass is 32.2. The number of benzene rings is 3. The number of nitrogens with zero attached hydrogens (tertiary/aromatic N) is 4. The number of carbonyl (C=O) groups excluding carboxylic acids is 2. The number of aliphatic hydroxyl groups is 3. The molecular formula is C41H47N7O8S. The molecule has 15 nitrogen and oxygen atoms in total. The minimum Gasteiger partial charge on any atom is -0.453 e. The number of ether oxygens (including phenoxy) is 3. The molecule has 2 fully saturated rings. The van der Waals surface area contributed by atoms with Crippen molar-refractivity contribution in [3.05, 3.63) is 114 Å². The lowest BCUT2D eigenvalue weighted by Gasteiger charge is -2.36. The summed E-state index contributed by atoms with van der Waals surface area (Å²) in [7, 11) is 1.27. The third kappa shape index (κ3) is 9.12. The summed E-state index contributed by atoms with van der Waals surface area (Å²) in [5.41, 5.74) is 4.27. The monoisotopic (exact) mass is 797 g/mol. The Morgan fingerprint density at radius 1 is 0.947 bits per heavy atom. The SMILES string of the molecule is COC(=O)NC(C(=O)Nc1ccccc1CC[C@@H]1CN[C@H](C)[C@@H](CSc2ncnc3c2ncn3C2OC(CO)C(O)C2O)O1)C(c1ccccc1)c1ccccc1. The fourth-order valence-electron chi connectivity index (χ4n) is 7.38. The molecule has 57 heavy (non-hydrogen) atoms. The van der Waals surface area contributed by atoms with E-state index in [0.717, 1.165) is 16.7 Å². The van der Waals surface area contributed by atoms with Crippen molar-refractivity contribution in [2.75, 3.05) is 31.3 Å². The molecule has 5 unspecified atom stereocenters. The lowest BCUT2D eigenvalue weighted by atomic mass is 9.84.